The Morgan fingerprint density at radius 1 is 1.92 bits per heavy atom. The van der Waals surface area contributed by atoms with E-state index in [0.29, 0.717) is 11.6 Å². The van der Waals surface area contributed by atoms with Crippen LogP contribution in [0.2, 0.25) is 0 Å². The van der Waals surface area contributed by atoms with Crippen molar-refractivity contribution in [1.29, 1.82) is 0 Å². The van der Waals surface area contributed by atoms with Crippen molar-refractivity contribution in [3.05, 3.63) is 21.3 Å². The van der Waals surface area contributed by atoms with E-state index in [1.165, 1.54) is 11.8 Å². The van der Waals surface area contributed by atoms with Crippen LogP contribution in [-0.4, -0.2) is 17.2 Å². The molecule has 0 aliphatic heterocycles. The van der Waals surface area contributed by atoms with Crippen LogP contribution in [-0.2, 0) is 0 Å². The maximum Gasteiger partial charge on any atom is 0.263 e. The Morgan fingerprint density at radius 3 is 3.00 bits per heavy atom. The summed E-state index contributed by atoms with van der Waals surface area (Å²) < 4.78 is 0. The molecule has 1 N–H and O–H groups in total. The minimum Gasteiger partial charge on any atom is -0.364 e. The van der Waals surface area contributed by atoms with Crippen LogP contribution in [0.3, 0.4) is 0 Å². The van der Waals surface area contributed by atoms with Gasteiger partial charge in [0.2, 0.25) is 0 Å². The molecule has 0 aliphatic carbocycles. The molecule has 0 radical (unpaired) electrons. The summed E-state index contributed by atoms with van der Waals surface area (Å²) in [6, 6.07) is 0. The van der Waals surface area contributed by atoms with Crippen molar-refractivity contribution in [1.82, 2.24) is 5.32 Å². The highest BCUT2D eigenvalue weighted by atomic mass is 32.2. The van der Waals surface area contributed by atoms with Crippen LogP contribution in [0.1, 0.15) is 6.92 Å². The minimum absolute atomic E-state index is 0.312. The average molecular weight is 186 g/mol. The normalized spacial score (nSPS) is 10.5. The van der Waals surface area contributed by atoms with Gasteiger partial charge in [0.15, 0.2) is 0 Å². The fourth-order valence-electron chi connectivity index (χ4n) is 0.523. The van der Waals surface area contributed by atoms with Gasteiger partial charge in [-0.1, -0.05) is 12.8 Å². The molecule has 4 nitrogen and oxygen atoms in total. The van der Waals surface area contributed by atoms with E-state index in [-0.39, 0.29) is 0 Å². The molecule has 0 aromatic rings. The monoisotopic (exact) mass is 186 g/mol. The number of hydrogen-bond donors (Lipinski definition) is 1. The van der Waals surface area contributed by atoms with Crippen molar-refractivity contribution in [2.24, 2.45) is 0 Å². The molecule has 0 heterocycles. The topological polar surface area (TPSA) is 55.2 Å². The summed E-state index contributed by atoms with van der Waals surface area (Å²) in [6.45, 7) is 2.22. The van der Waals surface area contributed by atoms with Crippen LogP contribution in [0, 0.1) is 22.5 Å². The summed E-state index contributed by atoms with van der Waals surface area (Å²) in [5.41, 5.74) is 0. The fraction of sp³-hybridized carbons (Fsp3) is 0.429. The van der Waals surface area contributed by atoms with E-state index in [4.69, 9.17) is 6.42 Å². The lowest BCUT2D eigenvalue weighted by molar-refractivity contribution is -0.403. The van der Waals surface area contributed by atoms with Gasteiger partial charge in [-0.25, -0.2) is 0 Å². The second-order valence-corrected chi connectivity index (χ2v) is 3.08. The zero-order valence-corrected chi connectivity index (χ0v) is 7.56. The smallest absolute Gasteiger partial charge is 0.263 e. The number of nitrogens with one attached hydrogen (secondary N) is 1. The van der Waals surface area contributed by atoms with Gasteiger partial charge in [-0.3, -0.25) is 10.1 Å². The van der Waals surface area contributed by atoms with Gasteiger partial charge in [0.05, 0.1) is 11.5 Å². The van der Waals surface area contributed by atoms with Crippen LogP contribution in [0.4, 0.5) is 0 Å². The number of rotatable bonds is 5. The van der Waals surface area contributed by atoms with Gasteiger partial charge in [-0.2, -0.15) is 0 Å². The van der Waals surface area contributed by atoms with E-state index < -0.39 is 4.92 Å². The lowest BCUT2D eigenvalue weighted by atomic mass is 10.7. The third kappa shape index (κ3) is 5.62. The van der Waals surface area contributed by atoms with E-state index in [1.807, 2.05) is 6.92 Å². The maximum atomic E-state index is 10.1. The van der Waals surface area contributed by atoms with Crippen molar-refractivity contribution in [2.75, 3.05) is 12.3 Å². The van der Waals surface area contributed by atoms with Gasteiger partial charge >= 0.3 is 0 Å². The highest BCUT2D eigenvalue weighted by Gasteiger charge is 1.99. The molecule has 0 aromatic heterocycles. The highest BCUT2D eigenvalue weighted by Crippen LogP contribution is 2.10. The third-order valence-electron chi connectivity index (χ3n) is 0.887. The zero-order valence-electron chi connectivity index (χ0n) is 6.74. The summed E-state index contributed by atoms with van der Waals surface area (Å²) in [6.07, 6.45) is 5.91. The number of terminal acetylenes is 1. The Kier molecular flexibility index (Phi) is 5.93. The first-order valence-electron chi connectivity index (χ1n) is 3.36. The Bertz CT molecular complexity index is 220. The first kappa shape index (κ1) is 10.8. The molecule has 0 aromatic carbocycles. The third-order valence-corrected chi connectivity index (χ3v) is 1.74. The zero-order chi connectivity index (χ0) is 9.40. The first-order valence-corrected chi connectivity index (χ1v) is 4.34. The molecule has 0 atom stereocenters. The van der Waals surface area contributed by atoms with Crippen molar-refractivity contribution < 1.29 is 4.92 Å². The SMILES string of the molecule is C#CCNC(=C[N+](=O)[O-])SCC. The van der Waals surface area contributed by atoms with Gasteiger partial charge in [-0.15, -0.1) is 18.2 Å². The van der Waals surface area contributed by atoms with Gasteiger partial charge in [0.25, 0.3) is 6.20 Å². The molecule has 0 bridgehead atoms. The molecule has 12 heavy (non-hydrogen) atoms. The van der Waals surface area contributed by atoms with Crippen molar-refractivity contribution in [3.63, 3.8) is 0 Å². The maximum absolute atomic E-state index is 10.1. The Morgan fingerprint density at radius 2 is 2.58 bits per heavy atom. The van der Waals surface area contributed by atoms with E-state index in [9.17, 15) is 10.1 Å². The Hall–Kier alpha value is -1.15. The largest absolute Gasteiger partial charge is 0.364 e. The van der Waals surface area contributed by atoms with Crippen LogP contribution in [0.15, 0.2) is 11.2 Å². The van der Waals surface area contributed by atoms with Crippen LogP contribution >= 0.6 is 11.8 Å². The lowest BCUT2D eigenvalue weighted by Crippen LogP contribution is -2.12. The van der Waals surface area contributed by atoms with E-state index in [2.05, 4.69) is 11.2 Å². The molecule has 0 rings (SSSR count). The standard InChI is InChI=1S/C7H10N2O2S/c1-3-5-8-7(12-4-2)6-9(10)11/h1,6,8H,4-5H2,2H3. The number of thioether (sulfide) groups is 1. The second-order valence-electron chi connectivity index (χ2n) is 1.77. The molecule has 0 aliphatic rings. The summed E-state index contributed by atoms with van der Waals surface area (Å²) >= 11 is 1.36. The number of nitro groups is 1. The molecule has 0 unspecified atom stereocenters. The number of nitrogens with zero attached hydrogens (tertiary/aromatic N) is 1. The summed E-state index contributed by atoms with van der Waals surface area (Å²) in [4.78, 5) is 9.57. The molecule has 0 saturated heterocycles. The van der Waals surface area contributed by atoms with Crippen molar-refractivity contribution >= 4 is 11.8 Å². The van der Waals surface area contributed by atoms with Crippen molar-refractivity contribution in [2.45, 2.75) is 6.92 Å². The first-order chi connectivity index (χ1) is 5.70. The van der Waals surface area contributed by atoms with E-state index in [0.717, 1.165) is 12.0 Å². The van der Waals surface area contributed by atoms with Gasteiger partial charge < -0.3 is 5.32 Å². The predicted octanol–water partition coefficient (Wildman–Crippen LogP) is 1.04. The molecule has 0 saturated carbocycles. The van der Waals surface area contributed by atoms with Gasteiger partial charge in [0.1, 0.15) is 5.03 Å². The van der Waals surface area contributed by atoms with Crippen LogP contribution in [0.25, 0.3) is 0 Å². The summed E-state index contributed by atoms with van der Waals surface area (Å²) in [7, 11) is 0. The molecule has 0 spiro atoms. The lowest BCUT2D eigenvalue weighted by Gasteiger charge is -2.01. The molecule has 5 heteroatoms. The fourth-order valence-corrected chi connectivity index (χ4v) is 1.17. The quantitative estimate of drug-likeness (QED) is 0.396. The second kappa shape index (κ2) is 6.55. The van der Waals surface area contributed by atoms with Crippen LogP contribution in [0.5, 0.6) is 0 Å². The number of hydrogen-bond acceptors (Lipinski definition) is 4. The molecule has 66 valence electrons. The van der Waals surface area contributed by atoms with E-state index >= 15 is 0 Å². The Balaban J connectivity index is 4.04. The molecule has 0 fully saturated rings. The molecular weight excluding hydrogens is 176 g/mol. The van der Waals surface area contributed by atoms with Gasteiger partial charge in [-0.05, 0) is 5.75 Å². The molecular formula is C7H10N2O2S. The van der Waals surface area contributed by atoms with E-state index in [1.54, 1.807) is 0 Å². The van der Waals surface area contributed by atoms with Crippen LogP contribution < -0.4 is 5.32 Å². The molecule has 0 amide bonds. The van der Waals surface area contributed by atoms with Gasteiger partial charge in [0, 0.05) is 0 Å². The minimum atomic E-state index is -0.499. The average Bonchev–Trinajstić information content (AvgIpc) is 2.00. The predicted molar refractivity (Wildman–Crippen MR) is 50.0 cm³/mol. The van der Waals surface area contributed by atoms with Crippen molar-refractivity contribution in [3.8, 4) is 12.3 Å². The Labute approximate surface area is 75.6 Å². The summed E-state index contributed by atoms with van der Waals surface area (Å²) in [5, 5.41) is 13.3. The highest BCUT2D eigenvalue weighted by molar-refractivity contribution is 8.02. The summed E-state index contributed by atoms with van der Waals surface area (Å²) in [5.74, 6) is 3.12.